The number of nitrogens with one attached hydrogen (secondary N) is 1. The van der Waals surface area contributed by atoms with Gasteiger partial charge in [0.15, 0.2) is 0 Å². The van der Waals surface area contributed by atoms with Crippen LogP contribution in [0.1, 0.15) is 19.8 Å². The zero-order chi connectivity index (χ0) is 13.9. The Morgan fingerprint density at radius 1 is 1.50 bits per heavy atom. The first-order chi connectivity index (χ1) is 8.31. The summed E-state index contributed by atoms with van der Waals surface area (Å²) >= 11 is 0. The fraction of sp³-hybridized carbons (Fsp3) is 0.800. The van der Waals surface area contributed by atoms with E-state index in [1.54, 1.807) is 6.92 Å². The van der Waals surface area contributed by atoms with Crippen LogP contribution in [0.3, 0.4) is 0 Å². The van der Waals surface area contributed by atoms with Gasteiger partial charge in [0, 0.05) is 0 Å². The van der Waals surface area contributed by atoms with Crippen molar-refractivity contribution >= 4 is 11.8 Å². The average molecular weight is 267 g/mol. The Labute approximate surface area is 102 Å². The molecule has 104 valence electrons. The smallest absolute Gasteiger partial charge is 0.330 e. The minimum Gasteiger partial charge on any atom is -0.330 e. The van der Waals surface area contributed by atoms with Gasteiger partial charge in [-0.3, -0.25) is 19.8 Å². The highest BCUT2D eigenvalue weighted by molar-refractivity contribution is 6.01. The zero-order valence-corrected chi connectivity index (χ0v) is 9.96. The van der Waals surface area contributed by atoms with Crippen molar-refractivity contribution in [2.24, 2.45) is 5.73 Å². The molecule has 1 saturated heterocycles. The fourth-order valence-corrected chi connectivity index (χ4v) is 2.11. The second-order valence-corrected chi connectivity index (χ2v) is 4.14. The summed E-state index contributed by atoms with van der Waals surface area (Å²) in [4.78, 5) is 23.6. The average Bonchev–Trinajstić information content (AvgIpc) is 2.23. The van der Waals surface area contributed by atoms with Crippen LogP contribution in [0.2, 0.25) is 0 Å². The lowest BCUT2D eigenvalue weighted by molar-refractivity contribution is -0.195. The molecule has 8 heteroatoms. The number of hydrogen-bond acceptors (Lipinski definition) is 4. The van der Waals surface area contributed by atoms with Gasteiger partial charge >= 0.3 is 6.18 Å². The maximum Gasteiger partial charge on any atom is 0.404 e. The molecule has 0 aromatic rings. The van der Waals surface area contributed by atoms with Gasteiger partial charge in [-0.15, -0.1) is 0 Å². The molecule has 5 nitrogen and oxygen atoms in total. The van der Waals surface area contributed by atoms with Crippen LogP contribution in [0.4, 0.5) is 13.2 Å². The molecule has 0 aliphatic carbocycles. The molecule has 0 radical (unpaired) electrons. The highest BCUT2D eigenvalue weighted by Gasteiger charge is 2.48. The van der Waals surface area contributed by atoms with E-state index in [1.165, 1.54) is 0 Å². The molecule has 2 unspecified atom stereocenters. The monoisotopic (exact) mass is 267 g/mol. The number of piperazine rings is 1. The SMILES string of the molecule is CCC1C(=O)NC(=O)CN1C(CCN)C(F)(F)F. The standard InChI is InChI=1S/C10H16F3N3O2/c1-2-6-9(18)15-8(17)5-16(6)7(3-4-14)10(11,12)13/h6-7H,2-5,14H2,1H3,(H,15,17,18). The minimum atomic E-state index is -4.51. The number of carbonyl (C=O) groups excluding carboxylic acids is 2. The molecular weight excluding hydrogens is 251 g/mol. The number of nitrogens with two attached hydrogens (primary N) is 1. The summed E-state index contributed by atoms with van der Waals surface area (Å²) in [5.74, 6) is -1.39. The highest BCUT2D eigenvalue weighted by Crippen LogP contribution is 2.29. The summed E-state index contributed by atoms with van der Waals surface area (Å²) in [5.41, 5.74) is 5.18. The van der Waals surface area contributed by atoms with Gasteiger partial charge in [-0.05, 0) is 19.4 Å². The molecule has 0 saturated carbocycles. The van der Waals surface area contributed by atoms with Crippen molar-refractivity contribution in [3.63, 3.8) is 0 Å². The van der Waals surface area contributed by atoms with Crippen LogP contribution >= 0.6 is 0 Å². The van der Waals surface area contributed by atoms with E-state index in [1.807, 2.05) is 5.32 Å². The van der Waals surface area contributed by atoms with Crippen LogP contribution in [0.5, 0.6) is 0 Å². The second-order valence-electron chi connectivity index (χ2n) is 4.14. The van der Waals surface area contributed by atoms with Gasteiger partial charge in [0.25, 0.3) is 0 Å². The molecule has 1 fully saturated rings. The lowest BCUT2D eigenvalue weighted by atomic mass is 10.0. The Balaban J connectivity index is 2.99. The van der Waals surface area contributed by atoms with E-state index in [0.717, 1.165) is 4.90 Å². The van der Waals surface area contributed by atoms with Gasteiger partial charge in [-0.25, -0.2) is 0 Å². The first-order valence-corrected chi connectivity index (χ1v) is 5.67. The second kappa shape index (κ2) is 5.66. The third-order valence-electron chi connectivity index (χ3n) is 2.90. The maximum absolute atomic E-state index is 12.9. The number of imide groups is 1. The third kappa shape index (κ3) is 3.20. The number of hydrogen-bond donors (Lipinski definition) is 2. The molecule has 2 amide bonds. The lowest BCUT2D eigenvalue weighted by Gasteiger charge is -2.39. The van der Waals surface area contributed by atoms with E-state index < -0.39 is 36.6 Å². The molecule has 3 N–H and O–H groups in total. The molecule has 0 aromatic heterocycles. The number of amides is 2. The Kier molecular flexibility index (Phi) is 4.69. The molecular formula is C10H16F3N3O2. The summed E-state index contributed by atoms with van der Waals surface area (Å²) in [6.07, 6.45) is -4.64. The van der Waals surface area contributed by atoms with Crippen molar-refractivity contribution in [2.75, 3.05) is 13.1 Å². The zero-order valence-electron chi connectivity index (χ0n) is 9.96. The van der Waals surface area contributed by atoms with Crippen molar-refractivity contribution in [1.29, 1.82) is 0 Å². The Bertz CT molecular complexity index is 333. The van der Waals surface area contributed by atoms with Crippen LogP contribution in [-0.2, 0) is 9.59 Å². The molecule has 1 rings (SSSR count). The molecule has 1 heterocycles. The van der Waals surface area contributed by atoms with Gasteiger partial charge < -0.3 is 5.73 Å². The first kappa shape index (κ1) is 14.9. The van der Waals surface area contributed by atoms with Crippen LogP contribution in [0.25, 0.3) is 0 Å². The predicted octanol–water partition coefficient (Wildman–Crippen LogP) is 0.00310. The van der Waals surface area contributed by atoms with Crippen molar-refractivity contribution in [3.8, 4) is 0 Å². The predicted molar refractivity (Wildman–Crippen MR) is 57.4 cm³/mol. The van der Waals surface area contributed by atoms with Gasteiger partial charge in [-0.2, -0.15) is 13.2 Å². The topological polar surface area (TPSA) is 75.4 Å². The third-order valence-corrected chi connectivity index (χ3v) is 2.90. The number of rotatable bonds is 4. The molecule has 1 aliphatic heterocycles. The number of halogens is 3. The normalized spacial score (nSPS) is 23.9. The van der Waals surface area contributed by atoms with Gasteiger partial charge in [-0.1, -0.05) is 6.92 Å². The quantitative estimate of drug-likeness (QED) is 0.703. The Morgan fingerprint density at radius 2 is 2.11 bits per heavy atom. The van der Waals surface area contributed by atoms with Crippen LogP contribution < -0.4 is 11.1 Å². The van der Waals surface area contributed by atoms with Crippen LogP contribution in [0, 0.1) is 0 Å². The first-order valence-electron chi connectivity index (χ1n) is 5.67. The molecule has 0 spiro atoms. The number of alkyl halides is 3. The summed E-state index contributed by atoms with van der Waals surface area (Å²) in [6, 6.07) is -2.80. The van der Waals surface area contributed by atoms with Gasteiger partial charge in [0.1, 0.15) is 6.04 Å². The van der Waals surface area contributed by atoms with Crippen molar-refractivity contribution in [1.82, 2.24) is 10.2 Å². The maximum atomic E-state index is 12.9. The van der Waals surface area contributed by atoms with E-state index in [9.17, 15) is 22.8 Å². The van der Waals surface area contributed by atoms with Gasteiger partial charge in [0.2, 0.25) is 11.8 Å². The van der Waals surface area contributed by atoms with Gasteiger partial charge in [0.05, 0.1) is 12.6 Å². The largest absolute Gasteiger partial charge is 0.404 e. The van der Waals surface area contributed by atoms with E-state index in [-0.39, 0.29) is 19.4 Å². The van der Waals surface area contributed by atoms with E-state index >= 15 is 0 Å². The lowest BCUT2D eigenvalue weighted by Crippen LogP contribution is -2.63. The van der Waals surface area contributed by atoms with Crippen LogP contribution in [0.15, 0.2) is 0 Å². The number of carbonyl (C=O) groups is 2. The van der Waals surface area contributed by atoms with E-state index in [4.69, 9.17) is 5.73 Å². The van der Waals surface area contributed by atoms with Crippen molar-refractivity contribution in [2.45, 2.75) is 38.0 Å². The summed E-state index contributed by atoms with van der Waals surface area (Å²) < 4.78 is 38.7. The fourth-order valence-electron chi connectivity index (χ4n) is 2.11. The Morgan fingerprint density at radius 3 is 2.56 bits per heavy atom. The Hall–Kier alpha value is -1.15. The molecule has 18 heavy (non-hydrogen) atoms. The molecule has 2 atom stereocenters. The van der Waals surface area contributed by atoms with E-state index in [2.05, 4.69) is 0 Å². The minimum absolute atomic E-state index is 0.160. The summed E-state index contributed by atoms with van der Waals surface area (Å²) in [6.45, 7) is 1.00. The summed E-state index contributed by atoms with van der Waals surface area (Å²) in [7, 11) is 0. The molecule has 1 aliphatic rings. The highest BCUT2D eigenvalue weighted by atomic mass is 19.4. The summed E-state index contributed by atoms with van der Waals surface area (Å²) in [5, 5.41) is 2.04. The van der Waals surface area contributed by atoms with Crippen molar-refractivity contribution < 1.29 is 22.8 Å². The van der Waals surface area contributed by atoms with E-state index in [0.29, 0.717) is 0 Å². The molecule has 0 bridgehead atoms. The van der Waals surface area contributed by atoms with Crippen LogP contribution in [-0.4, -0.2) is 48.1 Å². The molecule has 0 aromatic carbocycles. The number of nitrogens with zero attached hydrogens (tertiary/aromatic N) is 1. The van der Waals surface area contributed by atoms with Crippen molar-refractivity contribution in [3.05, 3.63) is 0 Å².